The Hall–Kier alpha value is -3.65. The standard InChI is InChI=1S/C30H35ClN4O4/c1-20(2)19-39-24-13-6-21(7-14-24)8-15-26-25(29(38)34(3)18-28(36)37)17-32-30(33-26)35-16-4-5-27(35)22-9-11-23(31)12-10-22/h6-7,9-14,17,20,27H,4-5,8,15-16,18-19H2,1-3H3,(H,36,37). The molecule has 2 aromatic carbocycles. The van der Waals surface area contributed by atoms with Crippen molar-refractivity contribution in [2.75, 3.05) is 31.6 Å². The quantitative estimate of drug-likeness (QED) is 0.339. The molecule has 1 N–H and O–H groups in total. The Morgan fingerprint density at radius 3 is 2.51 bits per heavy atom. The van der Waals surface area contributed by atoms with E-state index in [4.69, 9.17) is 21.3 Å². The second-order valence-corrected chi connectivity index (χ2v) is 10.8. The van der Waals surface area contributed by atoms with Crippen molar-refractivity contribution in [3.05, 3.63) is 82.1 Å². The number of ether oxygens (including phenoxy) is 1. The van der Waals surface area contributed by atoms with Crippen molar-refractivity contribution >= 4 is 29.4 Å². The van der Waals surface area contributed by atoms with E-state index in [2.05, 4.69) is 23.7 Å². The highest BCUT2D eigenvalue weighted by atomic mass is 35.5. The van der Waals surface area contributed by atoms with Crippen LogP contribution in [0, 0.1) is 5.92 Å². The van der Waals surface area contributed by atoms with Gasteiger partial charge in [-0.2, -0.15) is 0 Å². The van der Waals surface area contributed by atoms with Crippen molar-refractivity contribution in [2.45, 2.75) is 45.6 Å². The maximum atomic E-state index is 13.2. The van der Waals surface area contributed by atoms with Gasteiger partial charge in [0, 0.05) is 24.8 Å². The Labute approximate surface area is 234 Å². The summed E-state index contributed by atoms with van der Waals surface area (Å²) in [6.45, 7) is 5.28. The molecule has 9 heteroatoms. The fourth-order valence-electron chi connectivity index (χ4n) is 4.71. The molecule has 2 heterocycles. The zero-order chi connectivity index (χ0) is 27.9. The first kappa shape index (κ1) is 28.4. The number of rotatable bonds is 11. The van der Waals surface area contributed by atoms with E-state index < -0.39 is 18.4 Å². The zero-order valence-corrected chi connectivity index (χ0v) is 23.4. The average Bonchev–Trinajstić information content (AvgIpc) is 3.41. The summed E-state index contributed by atoms with van der Waals surface area (Å²) in [7, 11) is 1.47. The highest BCUT2D eigenvalue weighted by molar-refractivity contribution is 6.30. The average molecular weight is 551 g/mol. The third-order valence-electron chi connectivity index (χ3n) is 6.73. The number of carboxylic acids is 1. The predicted molar refractivity (Wildman–Crippen MR) is 152 cm³/mol. The minimum absolute atomic E-state index is 0.115. The van der Waals surface area contributed by atoms with Gasteiger partial charge in [0.25, 0.3) is 5.91 Å². The Balaban J connectivity index is 1.58. The van der Waals surface area contributed by atoms with Gasteiger partial charge in [0.05, 0.1) is 23.9 Å². The Kier molecular flexibility index (Phi) is 9.41. The summed E-state index contributed by atoms with van der Waals surface area (Å²) < 4.78 is 5.79. The summed E-state index contributed by atoms with van der Waals surface area (Å²) in [6, 6.07) is 15.9. The van der Waals surface area contributed by atoms with E-state index in [1.807, 2.05) is 48.5 Å². The molecule has 1 amide bonds. The largest absolute Gasteiger partial charge is 0.493 e. The third kappa shape index (κ3) is 7.47. The summed E-state index contributed by atoms with van der Waals surface area (Å²) in [5, 5.41) is 9.87. The van der Waals surface area contributed by atoms with Crippen molar-refractivity contribution in [3.63, 3.8) is 0 Å². The Morgan fingerprint density at radius 2 is 1.85 bits per heavy atom. The maximum Gasteiger partial charge on any atom is 0.323 e. The zero-order valence-electron chi connectivity index (χ0n) is 22.6. The van der Waals surface area contributed by atoms with Crippen LogP contribution in [0.15, 0.2) is 54.7 Å². The lowest BCUT2D eigenvalue weighted by Crippen LogP contribution is -2.33. The van der Waals surface area contributed by atoms with E-state index in [0.29, 0.717) is 47.6 Å². The van der Waals surface area contributed by atoms with Gasteiger partial charge in [-0.15, -0.1) is 0 Å². The number of anilines is 1. The van der Waals surface area contributed by atoms with Crippen molar-refractivity contribution < 1.29 is 19.4 Å². The van der Waals surface area contributed by atoms with Crippen LogP contribution in [0.25, 0.3) is 0 Å². The number of aryl methyl sites for hydroxylation is 2. The molecule has 1 aliphatic rings. The van der Waals surface area contributed by atoms with Crippen LogP contribution in [-0.2, 0) is 17.6 Å². The number of nitrogens with zero attached hydrogens (tertiary/aromatic N) is 4. The van der Waals surface area contributed by atoms with Gasteiger partial charge in [-0.05, 0) is 67.0 Å². The van der Waals surface area contributed by atoms with E-state index in [-0.39, 0.29) is 6.04 Å². The molecule has 0 radical (unpaired) electrons. The lowest BCUT2D eigenvalue weighted by atomic mass is 10.0. The minimum Gasteiger partial charge on any atom is -0.493 e. The summed E-state index contributed by atoms with van der Waals surface area (Å²) >= 11 is 6.10. The van der Waals surface area contributed by atoms with Crippen LogP contribution in [0.2, 0.25) is 5.02 Å². The molecule has 1 unspecified atom stereocenters. The van der Waals surface area contributed by atoms with Crippen LogP contribution in [0.5, 0.6) is 5.75 Å². The first-order valence-electron chi connectivity index (χ1n) is 13.3. The molecule has 3 aromatic rings. The van der Waals surface area contributed by atoms with Crippen LogP contribution in [-0.4, -0.2) is 58.6 Å². The molecule has 1 saturated heterocycles. The molecular formula is C30H35ClN4O4. The maximum absolute atomic E-state index is 13.2. The molecular weight excluding hydrogens is 516 g/mol. The van der Waals surface area contributed by atoms with Gasteiger partial charge >= 0.3 is 5.97 Å². The van der Waals surface area contributed by atoms with Crippen LogP contribution < -0.4 is 9.64 Å². The Morgan fingerprint density at radius 1 is 1.13 bits per heavy atom. The smallest absolute Gasteiger partial charge is 0.323 e. The number of likely N-dealkylation sites (N-methyl/N-ethyl adjacent to an activating group) is 1. The number of hydrogen-bond donors (Lipinski definition) is 1. The molecule has 1 fully saturated rings. The number of aliphatic carboxylic acids is 1. The number of amides is 1. The summed E-state index contributed by atoms with van der Waals surface area (Å²) in [4.78, 5) is 37.2. The number of halogens is 1. The van der Waals surface area contributed by atoms with Gasteiger partial charge in [0.2, 0.25) is 5.95 Å². The van der Waals surface area contributed by atoms with Crippen LogP contribution in [0.1, 0.15) is 59.9 Å². The fraction of sp³-hybridized carbons (Fsp3) is 0.400. The summed E-state index contributed by atoms with van der Waals surface area (Å²) in [6.07, 6.45) is 4.67. The normalized spacial score (nSPS) is 15.0. The van der Waals surface area contributed by atoms with Crippen LogP contribution in [0.3, 0.4) is 0 Å². The number of hydrogen-bond acceptors (Lipinski definition) is 6. The number of carbonyl (C=O) groups is 2. The van der Waals surface area contributed by atoms with Gasteiger partial charge in [-0.25, -0.2) is 9.97 Å². The highest BCUT2D eigenvalue weighted by Crippen LogP contribution is 2.35. The molecule has 206 valence electrons. The minimum atomic E-state index is -1.08. The third-order valence-corrected chi connectivity index (χ3v) is 6.98. The van der Waals surface area contributed by atoms with E-state index >= 15 is 0 Å². The topological polar surface area (TPSA) is 95.9 Å². The molecule has 1 aromatic heterocycles. The molecule has 1 atom stereocenters. The molecule has 0 aliphatic carbocycles. The number of carboxylic acid groups (broad SMARTS) is 1. The molecule has 1 aliphatic heterocycles. The second kappa shape index (κ2) is 12.9. The summed E-state index contributed by atoms with van der Waals surface area (Å²) in [5.41, 5.74) is 3.15. The molecule has 0 saturated carbocycles. The Bertz CT molecular complexity index is 1280. The number of aromatic nitrogens is 2. The first-order chi connectivity index (χ1) is 18.7. The van der Waals surface area contributed by atoms with Gasteiger partial charge in [-0.3, -0.25) is 9.59 Å². The molecule has 4 rings (SSSR count). The van der Waals surface area contributed by atoms with Crippen LogP contribution >= 0.6 is 11.6 Å². The molecule has 0 bridgehead atoms. The van der Waals surface area contributed by atoms with Crippen molar-refractivity contribution in [1.82, 2.24) is 14.9 Å². The lowest BCUT2D eigenvalue weighted by molar-refractivity contribution is -0.137. The predicted octanol–water partition coefficient (Wildman–Crippen LogP) is 5.45. The van der Waals surface area contributed by atoms with Crippen molar-refractivity contribution in [2.24, 2.45) is 5.92 Å². The highest BCUT2D eigenvalue weighted by Gasteiger charge is 2.29. The van der Waals surface area contributed by atoms with Gasteiger partial charge in [-0.1, -0.05) is 49.7 Å². The lowest BCUT2D eigenvalue weighted by Gasteiger charge is -2.26. The molecule has 0 spiro atoms. The van der Waals surface area contributed by atoms with Crippen molar-refractivity contribution in [1.29, 1.82) is 0 Å². The van der Waals surface area contributed by atoms with E-state index in [1.54, 1.807) is 6.20 Å². The molecule has 39 heavy (non-hydrogen) atoms. The van der Waals surface area contributed by atoms with Crippen molar-refractivity contribution in [3.8, 4) is 5.75 Å². The fourth-order valence-corrected chi connectivity index (χ4v) is 4.84. The first-order valence-corrected chi connectivity index (χ1v) is 13.7. The second-order valence-electron chi connectivity index (χ2n) is 10.3. The van der Waals surface area contributed by atoms with E-state index in [1.165, 1.54) is 11.9 Å². The monoisotopic (exact) mass is 550 g/mol. The summed E-state index contributed by atoms with van der Waals surface area (Å²) in [5.74, 6) is 0.351. The van der Waals surface area contributed by atoms with E-state index in [9.17, 15) is 14.7 Å². The van der Waals surface area contributed by atoms with Crippen LogP contribution in [0.4, 0.5) is 5.95 Å². The van der Waals surface area contributed by atoms with Gasteiger partial charge in [0.1, 0.15) is 12.3 Å². The van der Waals surface area contributed by atoms with E-state index in [0.717, 1.165) is 36.3 Å². The molecule has 8 nitrogen and oxygen atoms in total. The van der Waals surface area contributed by atoms with Gasteiger partial charge in [0.15, 0.2) is 0 Å². The van der Waals surface area contributed by atoms with Gasteiger partial charge < -0.3 is 19.6 Å². The number of benzene rings is 2. The SMILES string of the molecule is CC(C)COc1ccc(CCc2nc(N3CCCC3c3ccc(Cl)cc3)ncc2C(=O)N(C)CC(=O)O)cc1. The number of carbonyl (C=O) groups excluding carboxylic acids is 1.